The van der Waals surface area contributed by atoms with Crippen LogP contribution in [0.3, 0.4) is 0 Å². The van der Waals surface area contributed by atoms with Crippen LogP contribution in [0.1, 0.15) is 31.3 Å². The summed E-state index contributed by atoms with van der Waals surface area (Å²) in [6, 6.07) is 0. The summed E-state index contributed by atoms with van der Waals surface area (Å²) < 4.78 is 9.62. The SMILES string of the molecule is CC(C)(C)OC(=O)Nc1ocnc1C(=O)O. The molecule has 7 nitrogen and oxygen atoms in total. The van der Waals surface area contributed by atoms with E-state index >= 15 is 0 Å². The Kier molecular flexibility index (Phi) is 3.17. The number of anilines is 1. The smallest absolute Gasteiger partial charge is 0.414 e. The molecule has 0 bridgehead atoms. The van der Waals surface area contributed by atoms with Crippen LogP contribution in [0.5, 0.6) is 0 Å². The molecule has 0 aliphatic rings. The predicted octanol–water partition coefficient (Wildman–Crippen LogP) is 1.72. The number of ether oxygens (including phenoxy) is 1. The molecule has 0 radical (unpaired) electrons. The number of amides is 1. The molecular formula is C9H12N2O5. The van der Waals surface area contributed by atoms with Gasteiger partial charge in [0.05, 0.1) is 0 Å². The van der Waals surface area contributed by atoms with Gasteiger partial charge < -0.3 is 14.3 Å². The monoisotopic (exact) mass is 228 g/mol. The molecule has 0 aliphatic carbocycles. The van der Waals surface area contributed by atoms with Crippen molar-refractivity contribution in [1.29, 1.82) is 0 Å². The number of carboxylic acid groups (broad SMARTS) is 1. The highest BCUT2D eigenvalue weighted by atomic mass is 16.6. The standard InChI is InChI=1S/C9H12N2O5/c1-9(2,3)16-8(14)11-6-5(7(12)13)10-4-15-6/h4H,1-3H3,(H,11,14)(H,12,13). The summed E-state index contributed by atoms with van der Waals surface area (Å²) in [6.45, 7) is 5.06. The summed E-state index contributed by atoms with van der Waals surface area (Å²) in [5, 5.41) is 10.8. The molecular weight excluding hydrogens is 216 g/mol. The lowest BCUT2D eigenvalue weighted by Gasteiger charge is -2.18. The van der Waals surface area contributed by atoms with E-state index in [1.165, 1.54) is 0 Å². The van der Waals surface area contributed by atoms with Crippen molar-refractivity contribution >= 4 is 17.9 Å². The van der Waals surface area contributed by atoms with Gasteiger partial charge in [-0.15, -0.1) is 0 Å². The number of oxazole rings is 1. The first kappa shape index (κ1) is 12.0. The molecule has 1 rings (SSSR count). The second-order valence-electron chi connectivity index (χ2n) is 3.96. The number of carbonyl (C=O) groups is 2. The molecule has 1 heterocycles. The van der Waals surface area contributed by atoms with Crippen molar-refractivity contribution in [2.24, 2.45) is 0 Å². The Morgan fingerprint density at radius 2 is 2.12 bits per heavy atom. The zero-order valence-corrected chi connectivity index (χ0v) is 9.10. The minimum absolute atomic E-state index is 0.248. The van der Waals surface area contributed by atoms with Gasteiger partial charge in [0, 0.05) is 0 Å². The minimum atomic E-state index is -1.29. The van der Waals surface area contributed by atoms with Crippen LogP contribution in [-0.2, 0) is 4.74 Å². The number of carboxylic acids is 1. The molecule has 0 saturated carbocycles. The van der Waals surface area contributed by atoms with E-state index in [1.807, 2.05) is 0 Å². The number of carbonyl (C=O) groups excluding carboxylic acids is 1. The number of nitrogens with zero attached hydrogens (tertiary/aromatic N) is 1. The van der Waals surface area contributed by atoms with E-state index in [0.29, 0.717) is 0 Å². The summed E-state index contributed by atoms with van der Waals surface area (Å²) in [4.78, 5) is 25.4. The second-order valence-corrected chi connectivity index (χ2v) is 3.96. The lowest BCUT2D eigenvalue weighted by molar-refractivity contribution is 0.0632. The van der Waals surface area contributed by atoms with Crippen LogP contribution < -0.4 is 5.32 Å². The van der Waals surface area contributed by atoms with Gasteiger partial charge in [-0.2, -0.15) is 0 Å². The van der Waals surface area contributed by atoms with Crippen molar-refractivity contribution in [1.82, 2.24) is 4.98 Å². The largest absolute Gasteiger partial charge is 0.476 e. The summed E-state index contributed by atoms with van der Waals surface area (Å²) >= 11 is 0. The first-order valence-corrected chi connectivity index (χ1v) is 4.46. The van der Waals surface area contributed by atoms with E-state index in [2.05, 4.69) is 10.3 Å². The molecule has 1 aromatic heterocycles. The molecule has 2 N–H and O–H groups in total. The topological polar surface area (TPSA) is 102 Å². The summed E-state index contributed by atoms with van der Waals surface area (Å²) in [6.07, 6.45) is 0.127. The molecule has 0 unspecified atom stereocenters. The van der Waals surface area contributed by atoms with Crippen molar-refractivity contribution in [2.45, 2.75) is 26.4 Å². The first-order chi connectivity index (χ1) is 7.29. The first-order valence-electron chi connectivity index (χ1n) is 4.46. The fourth-order valence-corrected chi connectivity index (χ4v) is 0.884. The lowest BCUT2D eigenvalue weighted by atomic mass is 10.2. The second kappa shape index (κ2) is 4.21. The van der Waals surface area contributed by atoms with Crippen molar-refractivity contribution in [3.8, 4) is 0 Å². The number of rotatable bonds is 2. The maximum atomic E-state index is 11.3. The molecule has 0 atom stereocenters. The van der Waals surface area contributed by atoms with Gasteiger partial charge in [0.25, 0.3) is 0 Å². The molecule has 1 aromatic rings. The van der Waals surface area contributed by atoms with E-state index < -0.39 is 17.7 Å². The van der Waals surface area contributed by atoms with Crippen LogP contribution in [-0.4, -0.2) is 27.8 Å². The average Bonchev–Trinajstić information content (AvgIpc) is 2.47. The Bertz CT molecular complexity index is 404. The third-order valence-corrected chi connectivity index (χ3v) is 1.38. The van der Waals surface area contributed by atoms with Crippen LogP contribution in [0.15, 0.2) is 10.8 Å². The summed E-state index contributed by atoms with van der Waals surface area (Å²) in [7, 11) is 0. The van der Waals surface area contributed by atoms with Crippen molar-refractivity contribution in [3.05, 3.63) is 12.1 Å². The Balaban J connectivity index is 2.70. The Morgan fingerprint density at radius 1 is 1.50 bits per heavy atom. The maximum absolute atomic E-state index is 11.3. The number of aromatic carboxylic acids is 1. The van der Waals surface area contributed by atoms with Crippen molar-refractivity contribution in [3.63, 3.8) is 0 Å². The van der Waals surface area contributed by atoms with Crippen LogP contribution in [0, 0.1) is 0 Å². The minimum Gasteiger partial charge on any atom is -0.476 e. The number of hydrogen-bond acceptors (Lipinski definition) is 5. The lowest BCUT2D eigenvalue weighted by Crippen LogP contribution is -2.27. The zero-order valence-electron chi connectivity index (χ0n) is 9.10. The third kappa shape index (κ3) is 3.26. The Morgan fingerprint density at radius 3 is 2.62 bits per heavy atom. The van der Waals surface area contributed by atoms with E-state index in [1.54, 1.807) is 20.8 Å². The highest BCUT2D eigenvalue weighted by molar-refractivity contribution is 5.95. The van der Waals surface area contributed by atoms with Gasteiger partial charge in [-0.3, -0.25) is 5.32 Å². The van der Waals surface area contributed by atoms with Gasteiger partial charge in [-0.1, -0.05) is 0 Å². The maximum Gasteiger partial charge on any atom is 0.414 e. The van der Waals surface area contributed by atoms with Crippen LogP contribution >= 0.6 is 0 Å². The Labute approximate surface area is 91.4 Å². The highest BCUT2D eigenvalue weighted by Crippen LogP contribution is 2.15. The van der Waals surface area contributed by atoms with Gasteiger partial charge in [0.15, 0.2) is 6.39 Å². The normalized spacial score (nSPS) is 10.9. The molecule has 0 saturated heterocycles. The summed E-state index contributed by atoms with van der Waals surface area (Å²) in [5.41, 5.74) is -1.04. The van der Waals surface area contributed by atoms with Gasteiger partial charge >= 0.3 is 12.1 Å². The van der Waals surface area contributed by atoms with Gasteiger partial charge in [-0.05, 0) is 20.8 Å². The van der Waals surface area contributed by atoms with E-state index in [0.717, 1.165) is 6.39 Å². The van der Waals surface area contributed by atoms with E-state index in [-0.39, 0.29) is 11.6 Å². The molecule has 1 amide bonds. The van der Waals surface area contributed by atoms with Crippen molar-refractivity contribution in [2.75, 3.05) is 5.32 Å². The van der Waals surface area contributed by atoms with Crippen LogP contribution in [0.25, 0.3) is 0 Å². The molecule has 0 aromatic carbocycles. The van der Waals surface area contributed by atoms with Gasteiger partial charge in [0.1, 0.15) is 5.60 Å². The number of aromatic nitrogens is 1. The molecule has 0 fully saturated rings. The number of nitrogens with one attached hydrogen (secondary N) is 1. The molecule has 0 aliphatic heterocycles. The molecule has 7 heteroatoms. The quantitative estimate of drug-likeness (QED) is 0.799. The highest BCUT2D eigenvalue weighted by Gasteiger charge is 2.21. The van der Waals surface area contributed by atoms with Crippen LogP contribution in [0.4, 0.5) is 10.7 Å². The summed E-state index contributed by atoms with van der Waals surface area (Å²) in [5.74, 6) is -1.54. The molecule has 88 valence electrons. The molecule has 0 spiro atoms. The Hall–Kier alpha value is -2.05. The van der Waals surface area contributed by atoms with Crippen molar-refractivity contribution < 1.29 is 23.8 Å². The fraction of sp³-hybridized carbons (Fsp3) is 0.444. The third-order valence-electron chi connectivity index (χ3n) is 1.38. The van der Waals surface area contributed by atoms with Gasteiger partial charge in [0.2, 0.25) is 11.6 Å². The fourth-order valence-electron chi connectivity index (χ4n) is 0.884. The van der Waals surface area contributed by atoms with Gasteiger partial charge in [-0.25, -0.2) is 14.6 Å². The van der Waals surface area contributed by atoms with Crippen LogP contribution in [0.2, 0.25) is 0 Å². The van der Waals surface area contributed by atoms with E-state index in [4.69, 9.17) is 14.3 Å². The average molecular weight is 228 g/mol. The van der Waals surface area contributed by atoms with E-state index in [9.17, 15) is 9.59 Å². The predicted molar refractivity (Wildman–Crippen MR) is 53.3 cm³/mol. The zero-order chi connectivity index (χ0) is 12.3. The number of hydrogen-bond donors (Lipinski definition) is 2. The molecule has 16 heavy (non-hydrogen) atoms.